The van der Waals surface area contributed by atoms with Crippen molar-refractivity contribution in [2.45, 2.75) is 39.8 Å². The Morgan fingerprint density at radius 1 is 1.37 bits per heavy atom. The topological polar surface area (TPSA) is 46.6 Å². The van der Waals surface area contributed by atoms with Gasteiger partial charge in [0.2, 0.25) is 0 Å². The second-order valence-electron chi connectivity index (χ2n) is 5.63. The van der Waals surface area contributed by atoms with E-state index in [0.29, 0.717) is 5.56 Å². The van der Waals surface area contributed by atoms with E-state index in [1.807, 2.05) is 19.1 Å². The Morgan fingerprint density at radius 3 is 2.58 bits per heavy atom. The number of hydrogen-bond acceptors (Lipinski definition) is 3. The largest absolute Gasteiger partial charge is 0.443 e. The second-order valence-corrected chi connectivity index (χ2v) is 6.54. The van der Waals surface area contributed by atoms with Crippen molar-refractivity contribution in [3.05, 3.63) is 33.3 Å². The molecule has 0 spiro atoms. The van der Waals surface area contributed by atoms with Gasteiger partial charge in [0.1, 0.15) is 5.60 Å². The lowest BCUT2D eigenvalue weighted by atomic mass is 10.0. The van der Waals surface area contributed by atoms with E-state index >= 15 is 0 Å². The number of hydrogen-bond donors (Lipinski definition) is 0. The molecule has 0 saturated heterocycles. The van der Waals surface area contributed by atoms with Crippen LogP contribution in [0.3, 0.4) is 0 Å². The van der Waals surface area contributed by atoms with Crippen LogP contribution in [-0.2, 0) is 11.3 Å². The summed E-state index contributed by atoms with van der Waals surface area (Å²) in [5.74, 6) is -0.283. The highest BCUT2D eigenvalue weighted by Crippen LogP contribution is 2.30. The molecule has 0 radical (unpaired) electrons. The Bertz CT molecular complexity index is 561. The van der Waals surface area contributed by atoms with Crippen LogP contribution in [0.15, 0.2) is 16.6 Å². The molecule has 102 valence electrons. The number of fused-ring (bicyclic) bond motifs is 1. The molecule has 2 amide bonds. The van der Waals surface area contributed by atoms with Gasteiger partial charge >= 0.3 is 6.09 Å². The Morgan fingerprint density at radius 2 is 2.00 bits per heavy atom. The number of amides is 2. The van der Waals surface area contributed by atoms with Crippen LogP contribution >= 0.6 is 15.9 Å². The van der Waals surface area contributed by atoms with Crippen molar-refractivity contribution >= 4 is 27.9 Å². The van der Waals surface area contributed by atoms with Gasteiger partial charge in [-0.1, -0.05) is 15.9 Å². The molecule has 1 aromatic rings. The van der Waals surface area contributed by atoms with Crippen LogP contribution in [0.5, 0.6) is 0 Å². The smallest absolute Gasteiger partial charge is 0.417 e. The zero-order valence-corrected chi connectivity index (χ0v) is 13.0. The molecule has 1 heterocycles. The second kappa shape index (κ2) is 4.63. The first-order valence-corrected chi connectivity index (χ1v) is 6.82. The van der Waals surface area contributed by atoms with Crippen LogP contribution in [-0.4, -0.2) is 22.5 Å². The summed E-state index contributed by atoms with van der Waals surface area (Å²) < 4.78 is 6.15. The standard InChI is InChI=1S/C14H16BrNO3/c1-8-5-10(15)6-9-7-16(12(17)11(8)9)13(18)19-14(2,3)4/h5-6H,7H2,1-4H3. The minimum absolute atomic E-state index is 0.267. The zero-order valence-electron chi connectivity index (χ0n) is 11.4. The molecule has 4 nitrogen and oxygen atoms in total. The maximum absolute atomic E-state index is 12.3. The summed E-state index contributed by atoms with van der Waals surface area (Å²) in [7, 11) is 0. The van der Waals surface area contributed by atoms with Gasteiger partial charge < -0.3 is 4.74 Å². The summed E-state index contributed by atoms with van der Waals surface area (Å²) in [6.07, 6.45) is -0.593. The molecule has 0 aliphatic carbocycles. The van der Waals surface area contributed by atoms with Gasteiger partial charge in [0.25, 0.3) is 5.91 Å². The van der Waals surface area contributed by atoms with Crippen LogP contribution in [0, 0.1) is 6.92 Å². The quantitative estimate of drug-likeness (QED) is 0.731. The Labute approximate surface area is 120 Å². The number of aryl methyl sites for hydroxylation is 1. The van der Waals surface area contributed by atoms with Crippen molar-refractivity contribution in [1.29, 1.82) is 0 Å². The van der Waals surface area contributed by atoms with Crippen molar-refractivity contribution in [1.82, 2.24) is 4.90 Å². The van der Waals surface area contributed by atoms with Crippen molar-refractivity contribution in [3.63, 3.8) is 0 Å². The SMILES string of the molecule is Cc1cc(Br)cc2c1C(=O)N(C(=O)OC(C)(C)C)C2. The molecule has 5 heteroatoms. The van der Waals surface area contributed by atoms with Gasteiger partial charge in [-0.2, -0.15) is 0 Å². The summed E-state index contributed by atoms with van der Waals surface area (Å²) >= 11 is 3.40. The minimum Gasteiger partial charge on any atom is -0.443 e. The van der Waals surface area contributed by atoms with Gasteiger partial charge in [-0.25, -0.2) is 9.69 Å². The number of nitrogens with zero attached hydrogens (tertiary/aromatic N) is 1. The third kappa shape index (κ3) is 2.81. The summed E-state index contributed by atoms with van der Waals surface area (Å²) in [5, 5.41) is 0. The lowest BCUT2D eigenvalue weighted by Crippen LogP contribution is -2.37. The molecular weight excluding hydrogens is 310 g/mol. The molecule has 0 unspecified atom stereocenters. The maximum atomic E-state index is 12.3. The van der Waals surface area contributed by atoms with Gasteiger partial charge in [0.15, 0.2) is 0 Å². The molecule has 0 saturated carbocycles. The number of halogens is 1. The third-order valence-corrected chi connectivity index (χ3v) is 3.24. The number of rotatable bonds is 0. The summed E-state index contributed by atoms with van der Waals surface area (Å²) in [4.78, 5) is 25.4. The fourth-order valence-electron chi connectivity index (χ4n) is 2.08. The van der Waals surface area contributed by atoms with E-state index in [-0.39, 0.29) is 12.5 Å². The Balaban J connectivity index is 2.29. The normalized spacial score (nSPS) is 14.6. The highest BCUT2D eigenvalue weighted by atomic mass is 79.9. The highest BCUT2D eigenvalue weighted by molar-refractivity contribution is 9.10. The number of carbonyl (C=O) groups excluding carboxylic acids is 2. The molecule has 1 aliphatic rings. The molecule has 1 aromatic carbocycles. The van der Waals surface area contributed by atoms with Crippen molar-refractivity contribution < 1.29 is 14.3 Å². The van der Waals surface area contributed by atoms with Crippen LogP contribution in [0.4, 0.5) is 4.79 Å². The lowest BCUT2D eigenvalue weighted by Gasteiger charge is -2.23. The van der Waals surface area contributed by atoms with E-state index in [1.165, 1.54) is 0 Å². The zero-order chi connectivity index (χ0) is 14.4. The van der Waals surface area contributed by atoms with E-state index in [9.17, 15) is 9.59 Å². The fraction of sp³-hybridized carbons (Fsp3) is 0.429. The average Bonchev–Trinajstić information content (AvgIpc) is 2.53. The first-order valence-electron chi connectivity index (χ1n) is 6.03. The van der Waals surface area contributed by atoms with Crippen LogP contribution in [0.25, 0.3) is 0 Å². The minimum atomic E-state index is -0.609. The maximum Gasteiger partial charge on any atom is 0.417 e. The number of benzene rings is 1. The van der Waals surface area contributed by atoms with E-state index in [0.717, 1.165) is 20.5 Å². The lowest BCUT2D eigenvalue weighted by molar-refractivity contribution is 0.0248. The summed E-state index contributed by atoms with van der Waals surface area (Å²) in [5.41, 5.74) is 1.71. The summed E-state index contributed by atoms with van der Waals surface area (Å²) in [6.45, 7) is 7.46. The van der Waals surface area contributed by atoms with Crippen LogP contribution in [0.1, 0.15) is 42.3 Å². The van der Waals surface area contributed by atoms with Gasteiger partial charge in [-0.3, -0.25) is 4.79 Å². The molecule has 0 atom stereocenters. The molecule has 0 bridgehead atoms. The molecule has 0 aromatic heterocycles. The predicted molar refractivity (Wildman–Crippen MR) is 75.0 cm³/mol. The Kier molecular flexibility index (Phi) is 3.43. The number of carbonyl (C=O) groups is 2. The summed E-state index contributed by atoms with van der Waals surface area (Å²) in [6, 6.07) is 3.74. The van der Waals surface area contributed by atoms with E-state index in [1.54, 1.807) is 20.8 Å². The van der Waals surface area contributed by atoms with Crippen molar-refractivity contribution in [2.24, 2.45) is 0 Å². The van der Waals surface area contributed by atoms with Gasteiger partial charge in [-0.05, 0) is 51.0 Å². The van der Waals surface area contributed by atoms with Crippen molar-refractivity contribution in [2.75, 3.05) is 0 Å². The van der Waals surface area contributed by atoms with E-state index < -0.39 is 11.7 Å². The van der Waals surface area contributed by atoms with Crippen molar-refractivity contribution in [3.8, 4) is 0 Å². The average molecular weight is 326 g/mol. The Hall–Kier alpha value is -1.36. The van der Waals surface area contributed by atoms with Gasteiger partial charge in [0, 0.05) is 10.0 Å². The van der Waals surface area contributed by atoms with E-state index in [2.05, 4.69) is 15.9 Å². The highest BCUT2D eigenvalue weighted by Gasteiger charge is 2.36. The molecule has 1 aliphatic heterocycles. The first kappa shape index (κ1) is 14.1. The molecule has 19 heavy (non-hydrogen) atoms. The first-order chi connectivity index (χ1) is 8.69. The molecule has 0 fully saturated rings. The predicted octanol–water partition coefficient (Wildman–Crippen LogP) is 3.65. The third-order valence-electron chi connectivity index (χ3n) is 2.78. The van der Waals surface area contributed by atoms with Crippen LogP contribution in [0.2, 0.25) is 0 Å². The number of imide groups is 1. The molecular formula is C14H16BrNO3. The van der Waals surface area contributed by atoms with Crippen LogP contribution < -0.4 is 0 Å². The molecule has 2 rings (SSSR count). The number of ether oxygens (including phenoxy) is 1. The van der Waals surface area contributed by atoms with Gasteiger partial charge in [0.05, 0.1) is 6.54 Å². The van der Waals surface area contributed by atoms with E-state index in [4.69, 9.17) is 4.74 Å². The van der Waals surface area contributed by atoms with Gasteiger partial charge in [-0.15, -0.1) is 0 Å². The molecule has 0 N–H and O–H groups in total. The fourth-order valence-corrected chi connectivity index (χ4v) is 2.70. The monoisotopic (exact) mass is 325 g/mol.